The van der Waals surface area contributed by atoms with Gasteiger partial charge in [-0.15, -0.1) is 0 Å². The summed E-state index contributed by atoms with van der Waals surface area (Å²) in [6, 6.07) is 0. The first kappa shape index (κ1) is 14.2. The lowest BCUT2D eigenvalue weighted by molar-refractivity contribution is -0.127. The molecule has 2 aliphatic rings. The molecular weight excluding hydrogens is 244 g/mol. The molecule has 18 heavy (non-hydrogen) atoms. The molecule has 1 atom stereocenters. The van der Waals surface area contributed by atoms with Crippen LogP contribution in [0.4, 0.5) is 0 Å². The van der Waals surface area contributed by atoms with E-state index in [0.717, 1.165) is 32.4 Å². The van der Waals surface area contributed by atoms with Crippen LogP contribution < -0.4 is 10.6 Å². The van der Waals surface area contributed by atoms with Crippen LogP contribution in [0, 0.1) is 0 Å². The molecule has 0 aromatic carbocycles. The smallest absolute Gasteiger partial charge is 0.240 e. The van der Waals surface area contributed by atoms with Gasteiger partial charge in [-0.25, -0.2) is 0 Å². The van der Waals surface area contributed by atoms with Crippen LogP contribution in [0.1, 0.15) is 51.9 Å². The Bertz CT molecular complexity index is 294. The maximum atomic E-state index is 12.4. The highest BCUT2D eigenvalue weighted by Gasteiger charge is 2.40. The number of amides is 1. The van der Waals surface area contributed by atoms with Crippen molar-refractivity contribution in [2.45, 2.75) is 62.2 Å². The SMILES string of the molecule is CCC1(C(=O)NCC2(SC)CCCC2)CCCN1. The van der Waals surface area contributed by atoms with Gasteiger partial charge in [-0.1, -0.05) is 19.8 Å². The van der Waals surface area contributed by atoms with Crippen molar-refractivity contribution in [2.24, 2.45) is 0 Å². The maximum Gasteiger partial charge on any atom is 0.240 e. The van der Waals surface area contributed by atoms with Gasteiger partial charge in [0.25, 0.3) is 0 Å². The summed E-state index contributed by atoms with van der Waals surface area (Å²) in [6.07, 6.45) is 10.3. The van der Waals surface area contributed by atoms with E-state index >= 15 is 0 Å². The standard InChI is InChI=1S/C14H26N2OS/c1-3-14(9-6-10-16-14)12(17)15-11-13(18-2)7-4-5-8-13/h16H,3-11H2,1-2H3,(H,15,17). The molecule has 0 aromatic rings. The number of carbonyl (C=O) groups excluding carboxylic acids is 1. The number of thioether (sulfide) groups is 1. The van der Waals surface area contributed by atoms with Crippen LogP contribution in [0.3, 0.4) is 0 Å². The van der Waals surface area contributed by atoms with Crippen molar-refractivity contribution in [3.8, 4) is 0 Å². The van der Waals surface area contributed by atoms with Crippen molar-refractivity contribution in [2.75, 3.05) is 19.3 Å². The molecule has 0 spiro atoms. The molecule has 2 fully saturated rings. The average molecular weight is 270 g/mol. The Morgan fingerprint density at radius 1 is 1.28 bits per heavy atom. The third-order valence-electron chi connectivity index (χ3n) is 4.80. The van der Waals surface area contributed by atoms with Crippen molar-refractivity contribution in [3.63, 3.8) is 0 Å². The van der Waals surface area contributed by atoms with Gasteiger partial charge in [0.2, 0.25) is 5.91 Å². The summed E-state index contributed by atoms with van der Waals surface area (Å²) in [4.78, 5) is 12.4. The summed E-state index contributed by atoms with van der Waals surface area (Å²) in [6.45, 7) is 3.93. The van der Waals surface area contributed by atoms with Gasteiger partial charge >= 0.3 is 0 Å². The normalized spacial score (nSPS) is 30.6. The van der Waals surface area contributed by atoms with Crippen LogP contribution in [0.15, 0.2) is 0 Å². The second-order valence-electron chi connectivity index (χ2n) is 5.74. The second kappa shape index (κ2) is 5.83. The Morgan fingerprint density at radius 3 is 2.50 bits per heavy atom. The minimum Gasteiger partial charge on any atom is -0.353 e. The van der Waals surface area contributed by atoms with Gasteiger partial charge in [0.05, 0.1) is 5.54 Å². The minimum absolute atomic E-state index is 0.225. The second-order valence-corrected chi connectivity index (χ2v) is 7.02. The largest absolute Gasteiger partial charge is 0.353 e. The van der Waals surface area contributed by atoms with Crippen LogP contribution >= 0.6 is 11.8 Å². The zero-order chi connectivity index (χ0) is 13.1. The van der Waals surface area contributed by atoms with Crippen LogP contribution in [-0.2, 0) is 4.79 Å². The first-order valence-corrected chi connectivity index (χ1v) is 8.47. The zero-order valence-electron chi connectivity index (χ0n) is 11.7. The molecule has 1 saturated carbocycles. The fourth-order valence-corrected chi connectivity index (χ4v) is 4.26. The fraction of sp³-hybridized carbons (Fsp3) is 0.929. The number of carbonyl (C=O) groups is 1. The van der Waals surface area contributed by atoms with E-state index in [9.17, 15) is 4.79 Å². The van der Waals surface area contributed by atoms with Crippen molar-refractivity contribution >= 4 is 17.7 Å². The molecule has 1 aliphatic heterocycles. The van der Waals surface area contributed by atoms with Crippen LogP contribution in [0.5, 0.6) is 0 Å². The highest BCUT2D eigenvalue weighted by Crippen LogP contribution is 2.39. The van der Waals surface area contributed by atoms with Crippen molar-refractivity contribution < 1.29 is 4.79 Å². The van der Waals surface area contributed by atoms with Gasteiger partial charge in [0.15, 0.2) is 0 Å². The molecule has 104 valence electrons. The van der Waals surface area contributed by atoms with Crippen LogP contribution in [-0.4, -0.2) is 35.5 Å². The summed E-state index contributed by atoms with van der Waals surface area (Å²) in [5, 5.41) is 6.63. The third-order valence-corrected chi connectivity index (χ3v) is 6.22. The summed E-state index contributed by atoms with van der Waals surface area (Å²) in [5.41, 5.74) is -0.280. The van der Waals surface area contributed by atoms with Crippen molar-refractivity contribution in [1.29, 1.82) is 0 Å². The van der Waals surface area contributed by atoms with E-state index in [1.807, 2.05) is 11.8 Å². The Hall–Kier alpha value is -0.220. The maximum absolute atomic E-state index is 12.4. The molecule has 1 heterocycles. The summed E-state index contributed by atoms with van der Waals surface area (Å²) >= 11 is 1.94. The van der Waals surface area contributed by atoms with Gasteiger partial charge < -0.3 is 10.6 Å². The third kappa shape index (κ3) is 2.69. The van der Waals surface area contributed by atoms with Crippen molar-refractivity contribution in [3.05, 3.63) is 0 Å². The first-order valence-electron chi connectivity index (χ1n) is 7.25. The average Bonchev–Trinajstić information content (AvgIpc) is 3.06. The fourth-order valence-electron chi connectivity index (χ4n) is 3.35. The van der Waals surface area contributed by atoms with Crippen LogP contribution in [0.2, 0.25) is 0 Å². The summed E-state index contributed by atoms with van der Waals surface area (Å²) in [7, 11) is 0. The number of rotatable bonds is 5. The molecule has 3 nitrogen and oxygen atoms in total. The van der Waals surface area contributed by atoms with E-state index in [2.05, 4.69) is 23.8 Å². The highest BCUT2D eigenvalue weighted by molar-refractivity contribution is 8.00. The van der Waals surface area contributed by atoms with Gasteiger partial charge in [-0.2, -0.15) is 11.8 Å². The number of nitrogens with one attached hydrogen (secondary N) is 2. The van der Waals surface area contributed by atoms with Gasteiger partial charge in [-0.3, -0.25) is 4.79 Å². The number of hydrogen-bond donors (Lipinski definition) is 2. The molecule has 0 radical (unpaired) electrons. The highest BCUT2D eigenvalue weighted by atomic mass is 32.2. The zero-order valence-corrected chi connectivity index (χ0v) is 12.5. The molecule has 1 aliphatic carbocycles. The van der Waals surface area contributed by atoms with Crippen LogP contribution in [0.25, 0.3) is 0 Å². The molecular formula is C14H26N2OS. The molecule has 1 unspecified atom stereocenters. The summed E-state index contributed by atoms with van der Waals surface area (Å²) in [5.74, 6) is 0.225. The monoisotopic (exact) mass is 270 g/mol. The van der Waals surface area contributed by atoms with E-state index in [-0.39, 0.29) is 11.4 Å². The molecule has 1 amide bonds. The lowest BCUT2D eigenvalue weighted by atomic mass is 9.93. The molecule has 0 bridgehead atoms. The Balaban J connectivity index is 1.91. The molecule has 0 aromatic heterocycles. The van der Waals surface area contributed by atoms with Gasteiger partial charge in [-0.05, 0) is 44.9 Å². The molecule has 2 N–H and O–H groups in total. The lowest BCUT2D eigenvalue weighted by Crippen LogP contribution is -2.55. The predicted molar refractivity (Wildman–Crippen MR) is 78.0 cm³/mol. The van der Waals surface area contributed by atoms with E-state index in [1.165, 1.54) is 25.7 Å². The Kier molecular flexibility index (Phi) is 4.59. The number of hydrogen-bond acceptors (Lipinski definition) is 3. The van der Waals surface area contributed by atoms with E-state index in [1.54, 1.807) is 0 Å². The van der Waals surface area contributed by atoms with E-state index < -0.39 is 0 Å². The summed E-state index contributed by atoms with van der Waals surface area (Å²) < 4.78 is 0.309. The first-order chi connectivity index (χ1) is 8.66. The van der Waals surface area contributed by atoms with Gasteiger partial charge in [0.1, 0.15) is 0 Å². The lowest BCUT2D eigenvalue weighted by Gasteiger charge is -2.31. The van der Waals surface area contributed by atoms with Crippen molar-refractivity contribution in [1.82, 2.24) is 10.6 Å². The Morgan fingerprint density at radius 2 is 2.00 bits per heavy atom. The predicted octanol–water partition coefficient (Wildman–Crippen LogP) is 2.31. The van der Waals surface area contributed by atoms with E-state index in [4.69, 9.17) is 0 Å². The Labute approximate surface area is 115 Å². The minimum atomic E-state index is -0.280. The topological polar surface area (TPSA) is 41.1 Å². The quantitative estimate of drug-likeness (QED) is 0.805. The molecule has 1 saturated heterocycles. The molecule has 2 rings (SSSR count). The van der Waals surface area contributed by atoms with Gasteiger partial charge in [0, 0.05) is 11.3 Å². The molecule has 4 heteroatoms. The van der Waals surface area contributed by atoms with E-state index in [0.29, 0.717) is 4.75 Å².